The number of aryl methyl sites for hydroxylation is 1. The van der Waals surface area contributed by atoms with Gasteiger partial charge in [0.05, 0.1) is 7.11 Å². The number of carbonyl (C=O) groups excluding carboxylic acids is 1. The average molecular weight is 409 g/mol. The second-order valence-electron chi connectivity index (χ2n) is 7.00. The van der Waals surface area contributed by atoms with E-state index in [1.165, 1.54) is 7.11 Å². The van der Waals surface area contributed by atoms with Crippen LogP contribution in [0.1, 0.15) is 23.1 Å². The predicted octanol–water partition coefficient (Wildman–Crippen LogP) is 2.85. The van der Waals surface area contributed by atoms with Crippen LogP contribution in [0.15, 0.2) is 57.7 Å². The Morgan fingerprint density at radius 1 is 1.17 bits per heavy atom. The first-order chi connectivity index (χ1) is 14.4. The smallest absolute Gasteiger partial charge is 0.339 e. The molecule has 1 aromatic heterocycles. The third kappa shape index (κ3) is 4.86. The van der Waals surface area contributed by atoms with Crippen LogP contribution >= 0.6 is 0 Å². The monoisotopic (exact) mass is 409 g/mol. The number of hydrogen-bond acceptors (Lipinski definition) is 5. The number of carboxylic acids is 1. The van der Waals surface area contributed by atoms with E-state index >= 15 is 0 Å². The van der Waals surface area contributed by atoms with Crippen molar-refractivity contribution in [3.05, 3.63) is 75.6 Å². The summed E-state index contributed by atoms with van der Waals surface area (Å²) in [5.74, 6) is -0.968. The fourth-order valence-electron chi connectivity index (χ4n) is 3.35. The Morgan fingerprint density at radius 3 is 2.57 bits per heavy atom. The molecule has 1 heterocycles. The highest BCUT2D eigenvalue weighted by Gasteiger charge is 2.21. The number of aliphatic carboxylic acids is 1. The molecule has 2 aromatic carbocycles. The SMILES string of the molecule is COc1ccc2c(C)c(CCC(=O)NC(Cc3ccccc3)C(=O)O)c(=O)oc2c1. The van der Waals surface area contributed by atoms with Gasteiger partial charge in [0.15, 0.2) is 0 Å². The highest BCUT2D eigenvalue weighted by atomic mass is 16.5. The Morgan fingerprint density at radius 2 is 1.90 bits per heavy atom. The lowest BCUT2D eigenvalue weighted by atomic mass is 10.0. The lowest BCUT2D eigenvalue weighted by molar-refractivity contribution is -0.141. The number of amides is 1. The van der Waals surface area contributed by atoms with E-state index in [2.05, 4.69) is 5.32 Å². The van der Waals surface area contributed by atoms with Crippen LogP contribution in [0.4, 0.5) is 0 Å². The molecular formula is C23H23NO6. The number of carboxylic acid groups (broad SMARTS) is 1. The summed E-state index contributed by atoms with van der Waals surface area (Å²) >= 11 is 0. The number of ether oxygens (including phenoxy) is 1. The van der Waals surface area contributed by atoms with Crippen LogP contribution in [0.25, 0.3) is 11.0 Å². The molecule has 1 amide bonds. The van der Waals surface area contributed by atoms with Crippen LogP contribution in [-0.2, 0) is 22.4 Å². The average Bonchev–Trinajstić information content (AvgIpc) is 2.73. The standard InChI is InChI=1S/C23H23NO6/c1-14-17-9-8-16(29-2)13-20(17)30-23(28)18(14)10-11-21(25)24-19(22(26)27)12-15-6-4-3-5-7-15/h3-9,13,19H,10-12H2,1-2H3,(H,24,25)(H,26,27). The van der Waals surface area contributed by atoms with E-state index in [4.69, 9.17) is 9.15 Å². The van der Waals surface area contributed by atoms with E-state index in [1.54, 1.807) is 37.3 Å². The molecular weight excluding hydrogens is 386 g/mol. The van der Waals surface area contributed by atoms with Gasteiger partial charge in [0, 0.05) is 29.9 Å². The molecule has 1 atom stereocenters. The molecule has 0 saturated heterocycles. The summed E-state index contributed by atoms with van der Waals surface area (Å²) in [4.78, 5) is 36.3. The zero-order valence-electron chi connectivity index (χ0n) is 16.8. The Kier molecular flexibility index (Phi) is 6.51. The van der Waals surface area contributed by atoms with Crippen molar-refractivity contribution in [3.63, 3.8) is 0 Å². The minimum absolute atomic E-state index is 0.0220. The van der Waals surface area contributed by atoms with Crippen molar-refractivity contribution in [2.24, 2.45) is 0 Å². The number of benzene rings is 2. The minimum Gasteiger partial charge on any atom is -0.497 e. The molecule has 7 nitrogen and oxygen atoms in total. The Hall–Kier alpha value is -3.61. The minimum atomic E-state index is -1.11. The summed E-state index contributed by atoms with van der Waals surface area (Å²) in [7, 11) is 1.53. The van der Waals surface area contributed by atoms with Crippen molar-refractivity contribution < 1.29 is 23.8 Å². The van der Waals surface area contributed by atoms with Crippen molar-refractivity contribution in [2.75, 3.05) is 7.11 Å². The first-order valence-electron chi connectivity index (χ1n) is 9.55. The molecule has 0 saturated carbocycles. The molecule has 7 heteroatoms. The van der Waals surface area contributed by atoms with Crippen molar-refractivity contribution in [3.8, 4) is 5.75 Å². The van der Waals surface area contributed by atoms with Crippen LogP contribution in [0.2, 0.25) is 0 Å². The van der Waals surface area contributed by atoms with Crippen LogP contribution in [0, 0.1) is 6.92 Å². The predicted molar refractivity (Wildman–Crippen MR) is 112 cm³/mol. The molecule has 30 heavy (non-hydrogen) atoms. The van der Waals surface area contributed by atoms with Crippen molar-refractivity contribution >= 4 is 22.8 Å². The molecule has 0 aliphatic rings. The molecule has 2 N–H and O–H groups in total. The van der Waals surface area contributed by atoms with E-state index in [-0.39, 0.29) is 19.3 Å². The van der Waals surface area contributed by atoms with E-state index in [9.17, 15) is 19.5 Å². The molecule has 156 valence electrons. The van der Waals surface area contributed by atoms with Crippen molar-refractivity contribution in [1.29, 1.82) is 0 Å². The van der Waals surface area contributed by atoms with Gasteiger partial charge in [-0.05, 0) is 36.6 Å². The number of nitrogens with one attached hydrogen (secondary N) is 1. The molecule has 0 radical (unpaired) electrons. The zero-order valence-corrected chi connectivity index (χ0v) is 16.8. The van der Waals surface area contributed by atoms with Gasteiger partial charge in [0.1, 0.15) is 17.4 Å². The largest absolute Gasteiger partial charge is 0.497 e. The lowest BCUT2D eigenvalue weighted by Gasteiger charge is -2.15. The lowest BCUT2D eigenvalue weighted by Crippen LogP contribution is -2.42. The number of fused-ring (bicyclic) bond motifs is 1. The van der Waals surface area contributed by atoms with Gasteiger partial charge in [-0.3, -0.25) is 4.79 Å². The highest BCUT2D eigenvalue weighted by molar-refractivity contribution is 5.85. The van der Waals surface area contributed by atoms with Crippen molar-refractivity contribution in [2.45, 2.75) is 32.2 Å². The van der Waals surface area contributed by atoms with Gasteiger partial charge in [0.25, 0.3) is 0 Å². The molecule has 0 aliphatic heterocycles. The van der Waals surface area contributed by atoms with Gasteiger partial charge in [-0.1, -0.05) is 30.3 Å². The number of methoxy groups -OCH3 is 1. The maximum Gasteiger partial charge on any atom is 0.339 e. The maximum atomic E-state index is 12.4. The van der Waals surface area contributed by atoms with Crippen LogP contribution in [-0.4, -0.2) is 30.1 Å². The van der Waals surface area contributed by atoms with E-state index in [0.29, 0.717) is 16.9 Å². The molecule has 3 rings (SSSR count). The Labute approximate surface area is 173 Å². The van der Waals surface area contributed by atoms with E-state index < -0.39 is 23.5 Å². The summed E-state index contributed by atoms with van der Waals surface area (Å²) in [5, 5.41) is 12.7. The normalized spacial score (nSPS) is 11.8. The summed E-state index contributed by atoms with van der Waals surface area (Å²) < 4.78 is 10.5. The molecule has 0 fully saturated rings. The number of carbonyl (C=O) groups is 2. The molecule has 0 bridgehead atoms. The topological polar surface area (TPSA) is 106 Å². The first-order valence-corrected chi connectivity index (χ1v) is 9.55. The quantitative estimate of drug-likeness (QED) is 0.554. The fraction of sp³-hybridized carbons (Fsp3) is 0.261. The highest BCUT2D eigenvalue weighted by Crippen LogP contribution is 2.24. The van der Waals surface area contributed by atoms with Crippen LogP contribution in [0.3, 0.4) is 0 Å². The van der Waals surface area contributed by atoms with E-state index in [0.717, 1.165) is 16.5 Å². The molecule has 3 aromatic rings. The van der Waals surface area contributed by atoms with Gasteiger partial charge in [-0.15, -0.1) is 0 Å². The second-order valence-corrected chi connectivity index (χ2v) is 7.00. The molecule has 0 aliphatic carbocycles. The van der Waals surface area contributed by atoms with Crippen molar-refractivity contribution in [1.82, 2.24) is 5.32 Å². The maximum absolute atomic E-state index is 12.4. The Balaban J connectivity index is 1.71. The van der Waals surface area contributed by atoms with Gasteiger partial charge >= 0.3 is 11.6 Å². The zero-order chi connectivity index (χ0) is 21.7. The number of rotatable bonds is 8. The summed E-state index contributed by atoms with van der Waals surface area (Å²) in [6, 6.07) is 13.2. The summed E-state index contributed by atoms with van der Waals surface area (Å²) in [5.41, 5.74) is 1.85. The number of hydrogen-bond donors (Lipinski definition) is 2. The van der Waals surface area contributed by atoms with E-state index in [1.807, 2.05) is 18.2 Å². The van der Waals surface area contributed by atoms with Gasteiger partial charge < -0.3 is 19.6 Å². The third-order valence-electron chi connectivity index (χ3n) is 5.01. The fourth-order valence-corrected chi connectivity index (χ4v) is 3.35. The summed E-state index contributed by atoms with van der Waals surface area (Å²) in [6.45, 7) is 1.80. The van der Waals surface area contributed by atoms with Gasteiger partial charge in [0.2, 0.25) is 5.91 Å². The third-order valence-corrected chi connectivity index (χ3v) is 5.01. The summed E-state index contributed by atoms with van der Waals surface area (Å²) in [6.07, 6.45) is 0.312. The second kappa shape index (κ2) is 9.26. The van der Waals surface area contributed by atoms with Crippen LogP contribution in [0.5, 0.6) is 5.75 Å². The Bertz CT molecular complexity index is 1120. The van der Waals surface area contributed by atoms with Gasteiger partial charge in [-0.25, -0.2) is 9.59 Å². The van der Waals surface area contributed by atoms with Crippen LogP contribution < -0.4 is 15.7 Å². The first kappa shape index (κ1) is 21.1. The molecule has 1 unspecified atom stereocenters. The van der Waals surface area contributed by atoms with Gasteiger partial charge in [-0.2, -0.15) is 0 Å². The molecule has 0 spiro atoms.